The minimum absolute atomic E-state index is 0.0597. The van der Waals surface area contributed by atoms with Crippen LogP contribution in [0.1, 0.15) is 25.3 Å². The number of hydrogen-bond acceptors (Lipinski definition) is 3. The van der Waals surface area contributed by atoms with Gasteiger partial charge in [0.1, 0.15) is 0 Å². The van der Waals surface area contributed by atoms with Gasteiger partial charge in [0.25, 0.3) is 0 Å². The SMILES string of the molecule is CCCCNc1ccc(C)cc1B1Nc2cccc3cccc(c23)N1. The maximum absolute atomic E-state index is 3.68. The van der Waals surface area contributed by atoms with Gasteiger partial charge in [-0.3, -0.25) is 0 Å². The average Bonchev–Trinajstić information content (AvgIpc) is 2.63. The van der Waals surface area contributed by atoms with Gasteiger partial charge >= 0.3 is 6.98 Å². The molecule has 1 aliphatic heterocycles. The third kappa shape index (κ3) is 3.04. The van der Waals surface area contributed by atoms with Crippen molar-refractivity contribution >= 4 is 40.3 Å². The van der Waals surface area contributed by atoms with Crippen LogP contribution < -0.4 is 21.2 Å². The lowest BCUT2D eigenvalue weighted by Crippen LogP contribution is -2.49. The van der Waals surface area contributed by atoms with Crippen LogP contribution in [0.2, 0.25) is 0 Å². The lowest BCUT2D eigenvalue weighted by molar-refractivity contribution is 0.835. The van der Waals surface area contributed by atoms with Crippen LogP contribution in [0.25, 0.3) is 10.8 Å². The minimum atomic E-state index is 0.0597. The zero-order chi connectivity index (χ0) is 17.2. The van der Waals surface area contributed by atoms with E-state index in [1.807, 2.05) is 0 Å². The molecule has 0 atom stereocenters. The number of benzene rings is 3. The van der Waals surface area contributed by atoms with Crippen molar-refractivity contribution in [2.45, 2.75) is 26.7 Å². The number of unbranched alkanes of at least 4 members (excludes halogenated alkanes) is 1. The van der Waals surface area contributed by atoms with Crippen LogP contribution in [0.15, 0.2) is 54.6 Å². The summed E-state index contributed by atoms with van der Waals surface area (Å²) in [5, 5.41) is 13.5. The molecule has 0 amide bonds. The van der Waals surface area contributed by atoms with E-state index in [-0.39, 0.29) is 6.98 Å². The van der Waals surface area contributed by atoms with Crippen LogP contribution in [0.5, 0.6) is 0 Å². The van der Waals surface area contributed by atoms with Gasteiger partial charge in [0.2, 0.25) is 0 Å². The van der Waals surface area contributed by atoms with E-state index in [0.717, 1.165) is 6.54 Å². The molecule has 3 aromatic carbocycles. The Morgan fingerprint density at radius 1 is 0.960 bits per heavy atom. The molecule has 25 heavy (non-hydrogen) atoms. The van der Waals surface area contributed by atoms with Crippen molar-refractivity contribution in [3.8, 4) is 0 Å². The molecule has 126 valence electrons. The lowest BCUT2D eigenvalue weighted by atomic mass is 9.65. The highest BCUT2D eigenvalue weighted by molar-refractivity contribution is 6.81. The van der Waals surface area contributed by atoms with Crippen molar-refractivity contribution < 1.29 is 0 Å². The molecule has 3 nitrogen and oxygen atoms in total. The summed E-state index contributed by atoms with van der Waals surface area (Å²) in [5.41, 5.74) is 6.13. The Morgan fingerprint density at radius 2 is 1.68 bits per heavy atom. The lowest BCUT2D eigenvalue weighted by Gasteiger charge is -2.28. The van der Waals surface area contributed by atoms with Crippen molar-refractivity contribution in [2.75, 3.05) is 22.3 Å². The van der Waals surface area contributed by atoms with Gasteiger partial charge in [-0.15, -0.1) is 0 Å². The monoisotopic (exact) mass is 329 g/mol. The number of hydrogen-bond donors (Lipinski definition) is 3. The van der Waals surface area contributed by atoms with E-state index in [4.69, 9.17) is 0 Å². The molecule has 4 heteroatoms. The maximum Gasteiger partial charge on any atom is 0.408 e. The summed E-state index contributed by atoms with van der Waals surface area (Å²) in [7, 11) is 0. The molecule has 1 heterocycles. The molecule has 0 spiro atoms. The molecule has 0 unspecified atom stereocenters. The number of aryl methyl sites for hydroxylation is 1. The second kappa shape index (κ2) is 6.71. The van der Waals surface area contributed by atoms with Gasteiger partial charge in [-0.1, -0.05) is 55.3 Å². The molecular weight excluding hydrogens is 305 g/mol. The van der Waals surface area contributed by atoms with Gasteiger partial charge in [-0.2, -0.15) is 0 Å². The van der Waals surface area contributed by atoms with Crippen LogP contribution in [0.4, 0.5) is 17.1 Å². The average molecular weight is 329 g/mol. The largest absolute Gasteiger partial charge is 0.408 e. The summed E-state index contributed by atoms with van der Waals surface area (Å²) in [6, 6.07) is 19.5. The molecule has 0 aromatic heterocycles. The Bertz CT molecular complexity index is 866. The van der Waals surface area contributed by atoms with Crippen molar-refractivity contribution in [1.29, 1.82) is 0 Å². The fourth-order valence-electron chi connectivity index (χ4n) is 3.57. The van der Waals surface area contributed by atoms with E-state index in [0.29, 0.717) is 0 Å². The predicted octanol–water partition coefficient (Wildman–Crippen LogP) is 4.59. The van der Waals surface area contributed by atoms with Crippen molar-refractivity contribution in [3.05, 3.63) is 60.2 Å². The standard InChI is InChI=1S/C21H24BN3/c1-3-4-13-23-18-12-11-15(2)14-17(18)22-24-19-9-5-7-16-8-6-10-20(25-22)21(16)19/h5-12,14,23-25H,3-4,13H2,1-2H3. The summed E-state index contributed by atoms with van der Waals surface area (Å²) in [4.78, 5) is 0. The molecule has 0 bridgehead atoms. The van der Waals surface area contributed by atoms with Crippen molar-refractivity contribution in [1.82, 2.24) is 0 Å². The third-order valence-electron chi connectivity index (χ3n) is 4.87. The third-order valence-corrected chi connectivity index (χ3v) is 4.87. The van der Waals surface area contributed by atoms with Crippen LogP contribution in [-0.2, 0) is 0 Å². The Morgan fingerprint density at radius 3 is 2.36 bits per heavy atom. The first kappa shape index (κ1) is 15.9. The molecular formula is C21H24BN3. The molecule has 0 saturated heterocycles. The molecule has 1 aliphatic rings. The fraction of sp³-hybridized carbons (Fsp3) is 0.238. The summed E-state index contributed by atoms with van der Waals surface area (Å²) in [5.74, 6) is 0. The van der Waals surface area contributed by atoms with Gasteiger partial charge in [0.15, 0.2) is 0 Å². The van der Waals surface area contributed by atoms with Crippen LogP contribution in [0, 0.1) is 6.92 Å². The van der Waals surface area contributed by atoms with Gasteiger partial charge in [-0.05, 0) is 42.4 Å². The molecule has 0 radical (unpaired) electrons. The number of rotatable bonds is 5. The minimum Gasteiger partial charge on any atom is -0.405 e. The van der Waals surface area contributed by atoms with E-state index in [1.54, 1.807) is 0 Å². The number of nitrogens with one attached hydrogen (secondary N) is 3. The zero-order valence-corrected chi connectivity index (χ0v) is 14.9. The maximum atomic E-state index is 3.68. The van der Waals surface area contributed by atoms with Crippen molar-refractivity contribution in [2.24, 2.45) is 0 Å². The first-order chi connectivity index (χ1) is 12.3. The van der Waals surface area contributed by atoms with Crippen LogP contribution >= 0.6 is 0 Å². The zero-order valence-electron chi connectivity index (χ0n) is 14.9. The predicted molar refractivity (Wildman–Crippen MR) is 111 cm³/mol. The number of anilines is 3. The summed E-state index contributed by atoms with van der Waals surface area (Å²) >= 11 is 0. The second-order valence-corrected chi connectivity index (χ2v) is 6.80. The van der Waals surface area contributed by atoms with Crippen molar-refractivity contribution in [3.63, 3.8) is 0 Å². The van der Waals surface area contributed by atoms with Crippen LogP contribution in [-0.4, -0.2) is 13.5 Å². The summed E-state index contributed by atoms with van der Waals surface area (Å²) < 4.78 is 0. The highest BCUT2D eigenvalue weighted by atomic mass is 15.0. The Labute approximate surface area is 150 Å². The second-order valence-electron chi connectivity index (χ2n) is 6.80. The van der Waals surface area contributed by atoms with Crippen LogP contribution in [0.3, 0.4) is 0 Å². The van der Waals surface area contributed by atoms with E-state index in [2.05, 4.69) is 84.2 Å². The first-order valence-electron chi connectivity index (χ1n) is 9.15. The first-order valence-corrected chi connectivity index (χ1v) is 9.15. The van der Waals surface area contributed by atoms with E-state index >= 15 is 0 Å². The molecule has 0 aliphatic carbocycles. The topological polar surface area (TPSA) is 36.1 Å². The molecule has 4 rings (SSSR count). The van der Waals surface area contributed by atoms with E-state index < -0.39 is 0 Å². The smallest absolute Gasteiger partial charge is 0.405 e. The van der Waals surface area contributed by atoms with Gasteiger partial charge in [-0.25, -0.2) is 0 Å². The van der Waals surface area contributed by atoms with Gasteiger partial charge in [0, 0.05) is 29.0 Å². The fourth-order valence-corrected chi connectivity index (χ4v) is 3.57. The van der Waals surface area contributed by atoms with Gasteiger partial charge < -0.3 is 15.8 Å². The quantitative estimate of drug-likeness (QED) is 0.473. The highest BCUT2D eigenvalue weighted by Gasteiger charge is 2.27. The van der Waals surface area contributed by atoms with Gasteiger partial charge in [0.05, 0.1) is 0 Å². The normalized spacial score (nSPS) is 12.6. The summed E-state index contributed by atoms with van der Waals surface area (Å²) in [6.45, 7) is 5.44. The molecule has 3 N–H and O–H groups in total. The summed E-state index contributed by atoms with van der Waals surface area (Å²) in [6.07, 6.45) is 2.38. The Hall–Kier alpha value is -2.62. The van der Waals surface area contributed by atoms with E-state index in [9.17, 15) is 0 Å². The molecule has 0 fully saturated rings. The highest BCUT2D eigenvalue weighted by Crippen LogP contribution is 2.34. The molecule has 0 saturated carbocycles. The Balaban J connectivity index is 1.71. The Kier molecular flexibility index (Phi) is 4.27. The van der Waals surface area contributed by atoms with E-state index in [1.165, 1.54) is 51.7 Å². The molecule has 3 aromatic rings.